The van der Waals surface area contributed by atoms with Crippen LogP contribution in [-0.4, -0.2) is 6.61 Å². The van der Waals surface area contributed by atoms with Crippen LogP contribution < -0.4 is 9.47 Å². The summed E-state index contributed by atoms with van der Waals surface area (Å²) in [4.78, 5) is 0. The molecule has 0 saturated heterocycles. The minimum Gasteiger partial charge on any atom is -0.494 e. The smallest absolute Gasteiger partial charge is 0.127 e. The van der Waals surface area contributed by atoms with Crippen LogP contribution in [0.15, 0.2) is 54.6 Å². The van der Waals surface area contributed by atoms with Gasteiger partial charge in [-0.1, -0.05) is 25.1 Å². The fraction of sp³-hybridized carbons (Fsp3) is 0.200. The van der Waals surface area contributed by atoms with Crippen LogP contribution in [0.5, 0.6) is 17.2 Å². The summed E-state index contributed by atoms with van der Waals surface area (Å²) >= 11 is 0. The zero-order chi connectivity index (χ0) is 12.6. The van der Waals surface area contributed by atoms with E-state index in [0.29, 0.717) is 13.5 Å². The summed E-state index contributed by atoms with van der Waals surface area (Å²) in [6.45, 7) is 0.984. The predicted molar refractivity (Wildman–Crippen MR) is 68.7 cm³/mol. The number of rotatable bonds is 5. The maximum atomic E-state index is 7.03. The Bertz CT molecular complexity index is 454. The van der Waals surface area contributed by atoms with E-state index in [0.717, 1.165) is 23.7 Å². The fourth-order valence-corrected chi connectivity index (χ4v) is 1.42. The number of ether oxygens (including phenoxy) is 2. The van der Waals surface area contributed by atoms with Crippen molar-refractivity contribution in [3.8, 4) is 17.2 Å². The molecule has 0 atom stereocenters. The Morgan fingerprint density at radius 3 is 2.24 bits per heavy atom. The molecule has 17 heavy (non-hydrogen) atoms. The number of hydrogen-bond donors (Lipinski definition) is 0. The molecule has 0 fully saturated rings. The third-order valence-corrected chi connectivity index (χ3v) is 2.22. The first-order chi connectivity index (χ1) is 8.88. The van der Waals surface area contributed by atoms with Gasteiger partial charge in [0.25, 0.3) is 0 Å². The second-order valence-electron chi connectivity index (χ2n) is 3.59. The van der Waals surface area contributed by atoms with Gasteiger partial charge < -0.3 is 9.47 Å². The molecule has 0 aliphatic rings. The molecule has 0 aliphatic heterocycles. The largest absolute Gasteiger partial charge is 0.494 e. The summed E-state index contributed by atoms with van der Waals surface area (Å²) in [6.07, 6.45) is 0.752. The average Bonchev–Trinajstić information content (AvgIpc) is 2.42. The molecule has 88 valence electrons. The highest BCUT2D eigenvalue weighted by Crippen LogP contribution is 2.23. The highest BCUT2D eigenvalue weighted by atomic mass is 16.5. The molecule has 2 heteroatoms. The van der Waals surface area contributed by atoms with Crippen LogP contribution >= 0.6 is 0 Å². The fourth-order valence-electron chi connectivity index (χ4n) is 1.42. The molecule has 2 aromatic rings. The molecule has 0 bridgehead atoms. The van der Waals surface area contributed by atoms with E-state index in [1.165, 1.54) is 0 Å². The first-order valence-corrected chi connectivity index (χ1v) is 5.63. The summed E-state index contributed by atoms with van der Waals surface area (Å²) in [7, 11) is 0. The normalized spacial score (nSPS) is 10.7. The first-order valence-electron chi connectivity index (χ1n) is 6.34. The Labute approximate surface area is 103 Å². The van der Waals surface area contributed by atoms with Crippen molar-refractivity contribution in [2.45, 2.75) is 13.3 Å². The monoisotopic (exact) mass is 229 g/mol. The van der Waals surface area contributed by atoms with E-state index in [2.05, 4.69) is 0 Å². The Hall–Kier alpha value is -1.96. The number of para-hydroxylation sites is 1. The van der Waals surface area contributed by atoms with Crippen molar-refractivity contribution >= 4 is 0 Å². The van der Waals surface area contributed by atoms with Gasteiger partial charge in [0, 0.05) is 1.37 Å². The van der Waals surface area contributed by atoms with Gasteiger partial charge in [-0.3, -0.25) is 0 Å². The highest BCUT2D eigenvalue weighted by molar-refractivity contribution is 5.35. The summed E-state index contributed by atoms with van der Waals surface area (Å²) < 4.78 is 18.2. The molecule has 0 aliphatic carbocycles. The number of benzene rings is 2. The van der Waals surface area contributed by atoms with Gasteiger partial charge in [-0.05, 0) is 42.8 Å². The summed E-state index contributed by atoms with van der Waals surface area (Å²) in [6, 6.07) is 17.2. The van der Waals surface area contributed by atoms with Crippen LogP contribution in [0.2, 0.25) is 0 Å². The van der Waals surface area contributed by atoms with Crippen LogP contribution in [0.3, 0.4) is 0 Å². The third kappa shape index (κ3) is 3.52. The molecule has 2 rings (SSSR count). The Kier molecular flexibility index (Phi) is 3.57. The zero-order valence-electron chi connectivity index (χ0n) is 10.6. The molecular weight excluding hydrogens is 212 g/mol. The summed E-state index contributed by atoms with van der Waals surface area (Å²) in [5, 5.41) is 0. The van der Waals surface area contributed by atoms with Crippen LogP contribution in [0.4, 0.5) is 0 Å². The molecule has 0 aromatic heterocycles. The SMILES string of the molecule is [2H]CCCOc1ccc(Oc2ccccc2)cc1. The summed E-state index contributed by atoms with van der Waals surface area (Å²) in [5.74, 6) is 2.42. The van der Waals surface area contributed by atoms with Crippen molar-refractivity contribution in [1.29, 1.82) is 0 Å². The van der Waals surface area contributed by atoms with E-state index in [9.17, 15) is 0 Å². The third-order valence-electron chi connectivity index (χ3n) is 2.22. The van der Waals surface area contributed by atoms with Gasteiger partial charge in [0.2, 0.25) is 0 Å². The molecule has 0 radical (unpaired) electrons. The minimum absolute atomic E-state index is 0.398. The molecule has 0 N–H and O–H groups in total. The lowest BCUT2D eigenvalue weighted by Gasteiger charge is -2.07. The lowest BCUT2D eigenvalue weighted by atomic mass is 10.3. The Balaban J connectivity index is 1.91. The van der Waals surface area contributed by atoms with E-state index >= 15 is 0 Å². The molecule has 2 nitrogen and oxygen atoms in total. The van der Waals surface area contributed by atoms with Gasteiger partial charge in [-0.15, -0.1) is 0 Å². The molecule has 0 saturated carbocycles. The van der Waals surface area contributed by atoms with Crippen LogP contribution in [0.1, 0.15) is 14.7 Å². The van der Waals surface area contributed by atoms with Gasteiger partial charge in [0.15, 0.2) is 0 Å². The van der Waals surface area contributed by atoms with Crippen molar-refractivity contribution in [1.82, 2.24) is 0 Å². The highest BCUT2D eigenvalue weighted by Gasteiger charge is 1.97. The topological polar surface area (TPSA) is 18.5 Å². The van der Waals surface area contributed by atoms with E-state index in [1.807, 2.05) is 54.6 Å². The standard InChI is InChI=1S/C15H16O2/c1-2-12-16-13-8-10-15(11-9-13)17-14-6-4-3-5-7-14/h3-11H,2,12H2,1H3/i1D. The molecule has 0 unspecified atom stereocenters. The molecule has 0 amide bonds. The first kappa shape index (κ1) is 10.2. The zero-order valence-corrected chi connectivity index (χ0v) is 9.63. The van der Waals surface area contributed by atoms with E-state index in [-0.39, 0.29) is 0 Å². The van der Waals surface area contributed by atoms with E-state index in [1.54, 1.807) is 0 Å². The second-order valence-corrected chi connectivity index (χ2v) is 3.59. The van der Waals surface area contributed by atoms with Crippen molar-refractivity contribution < 1.29 is 10.8 Å². The van der Waals surface area contributed by atoms with Crippen molar-refractivity contribution in [3.63, 3.8) is 0 Å². The number of hydrogen-bond acceptors (Lipinski definition) is 2. The van der Waals surface area contributed by atoms with Gasteiger partial charge in [-0.2, -0.15) is 0 Å². The van der Waals surface area contributed by atoms with Gasteiger partial charge in [0.1, 0.15) is 17.2 Å². The van der Waals surface area contributed by atoms with E-state index in [4.69, 9.17) is 10.8 Å². The maximum Gasteiger partial charge on any atom is 0.127 e. The lowest BCUT2D eigenvalue weighted by Crippen LogP contribution is -1.94. The van der Waals surface area contributed by atoms with Crippen molar-refractivity contribution in [3.05, 3.63) is 54.6 Å². The van der Waals surface area contributed by atoms with Gasteiger partial charge >= 0.3 is 0 Å². The van der Waals surface area contributed by atoms with E-state index < -0.39 is 0 Å². The predicted octanol–water partition coefficient (Wildman–Crippen LogP) is 4.27. The Morgan fingerprint density at radius 1 is 0.882 bits per heavy atom. The van der Waals surface area contributed by atoms with Gasteiger partial charge in [0.05, 0.1) is 6.61 Å². The average molecular weight is 229 g/mol. The molecule has 0 spiro atoms. The quantitative estimate of drug-likeness (QED) is 0.713. The minimum atomic E-state index is 0.398. The molecular formula is C15H16O2. The Morgan fingerprint density at radius 2 is 1.53 bits per heavy atom. The van der Waals surface area contributed by atoms with Crippen LogP contribution in [-0.2, 0) is 0 Å². The molecule has 0 heterocycles. The second kappa shape index (κ2) is 5.94. The maximum absolute atomic E-state index is 7.03. The van der Waals surface area contributed by atoms with Crippen LogP contribution in [0.25, 0.3) is 0 Å². The summed E-state index contributed by atoms with van der Waals surface area (Å²) in [5.41, 5.74) is 0. The van der Waals surface area contributed by atoms with Gasteiger partial charge in [-0.25, -0.2) is 0 Å². The molecule has 2 aromatic carbocycles. The van der Waals surface area contributed by atoms with Crippen LogP contribution in [0, 0.1) is 0 Å². The van der Waals surface area contributed by atoms with Crippen molar-refractivity contribution in [2.24, 2.45) is 0 Å². The van der Waals surface area contributed by atoms with Crippen molar-refractivity contribution in [2.75, 3.05) is 6.61 Å². The lowest BCUT2D eigenvalue weighted by molar-refractivity contribution is 0.317.